The Morgan fingerprint density at radius 3 is 2.33 bits per heavy atom. The van der Waals surface area contributed by atoms with Crippen molar-refractivity contribution in [2.75, 3.05) is 26.2 Å². The number of carbonyl (C=O) groups is 1. The Morgan fingerprint density at radius 2 is 1.76 bits per heavy atom. The molecule has 1 aromatic rings. The summed E-state index contributed by atoms with van der Waals surface area (Å²) in [6.45, 7) is 3.19. The Balaban J connectivity index is 1.83. The zero-order valence-corrected chi connectivity index (χ0v) is 12.6. The van der Waals surface area contributed by atoms with E-state index in [4.69, 9.17) is 9.88 Å². The Labute approximate surface area is 124 Å². The summed E-state index contributed by atoms with van der Waals surface area (Å²) in [6.07, 6.45) is 3.67. The van der Waals surface area contributed by atoms with Crippen molar-refractivity contribution in [3.05, 3.63) is 29.8 Å². The summed E-state index contributed by atoms with van der Waals surface area (Å²) in [5, 5.41) is 5.00. The molecule has 1 aromatic carbocycles. The predicted molar refractivity (Wildman–Crippen MR) is 78.4 cm³/mol. The van der Waals surface area contributed by atoms with Crippen molar-refractivity contribution < 1.29 is 17.9 Å². The number of rotatable bonds is 5. The van der Waals surface area contributed by atoms with E-state index in [1.165, 1.54) is 43.5 Å². The smallest absolute Gasteiger partial charge is 0.338 e. The van der Waals surface area contributed by atoms with Crippen LogP contribution in [0.15, 0.2) is 29.2 Å². The van der Waals surface area contributed by atoms with Crippen LogP contribution in [-0.4, -0.2) is 45.5 Å². The number of likely N-dealkylation sites (tertiary alicyclic amines) is 1. The molecule has 1 fully saturated rings. The van der Waals surface area contributed by atoms with Gasteiger partial charge in [0.25, 0.3) is 0 Å². The molecule has 0 amide bonds. The summed E-state index contributed by atoms with van der Waals surface area (Å²) in [7, 11) is -3.74. The van der Waals surface area contributed by atoms with Gasteiger partial charge in [0.1, 0.15) is 6.61 Å². The molecule has 0 aliphatic carbocycles. The third kappa shape index (κ3) is 4.80. The second kappa shape index (κ2) is 7.02. The van der Waals surface area contributed by atoms with Gasteiger partial charge < -0.3 is 4.74 Å². The molecule has 1 heterocycles. The molecule has 2 N–H and O–H groups in total. The molecule has 0 saturated carbocycles. The summed E-state index contributed by atoms with van der Waals surface area (Å²) in [4.78, 5) is 14.1. The second-order valence-corrected chi connectivity index (χ2v) is 6.67. The van der Waals surface area contributed by atoms with Crippen LogP contribution in [0.4, 0.5) is 0 Å². The summed E-state index contributed by atoms with van der Waals surface area (Å²) in [5.41, 5.74) is 0.320. The lowest BCUT2D eigenvalue weighted by Crippen LogP contribution is -2.33. The number of primary sulfonamides is 1. The van der Waals surface area contributed by atoms with Crippen molar-refractivity contribution >= 4 is 16.0 Å². The topological polar surface area (TPSA) is 89.7 Å². The van der Waals surface area contributed by atoms with E-state index in [2.05, 4.69) is 4.90 Å². The Bertz CT molecular complexity index is 577. The average molecular weight is 312 g/mol. The number of nitrogens with two attached hydrogens (primary N) is 1. The number of piperidine rings is 1. The molecule has 0 unspecified atom stereocenters. The highest BCUT2D eigenvalue weighted by Crippen LogP contribution is 2.11. The van der Waals surface area contributed by atoms with E-state index >= 15 is 0 Å². The van der Waals surface area contributed by atoms with Crippen molar-refractivity contribution in [3.8, 4) is 0 Å². The highest BCUT2D eigenvalue weighted by Gasteiger charge is 2.13. The number of nitrogens with zero attached hydrogens (tertiary/aromatic N) is 1. The van der Waals surface area contributed by atoms with Gasteiger partial charge in [-0.2, -0.15) is 0 Å². The van der Waals surface area contributed by atoms with Crippen LogP contribution in [0.3, 0.4) is 0 Å². The van der Waals surface area contributed by atoms with Crippen LogP contribution in [0.5, 0.6) is 0 Å². The second-order valence-electron chi connectivity index (χ2n) is 5.11. The van der Waals surface area contributed by atoms with Gasteiger partial charge in [0.2, 0.25) is 10.0 Å². The van der Waals surface area contributed by atoms with Gasteiger partial charge in [-0.05, 0) is 50.2 Å². The molecule has 0 spiro atoms. The van der Waals surface area contributed by atoms with Crippen molar-refractivity contribution in [2.45, 2.75) is 24.2 Å². The molecule has 6 nitrogen and oxygen atoms in total. The van der Waals surface area contributed by atoms with Gasteiger partial charge >= 0.3 is 5.97 Å². The first kappa shape index (κ1) is 15.9. The molecular formula is C14H20N2O4S. The number of benzene rings is 1. The minimum atomic E-state index is -3.74. The number of hydrogen-bond acceptors (Lipinski definition) is 5. The van der Waals surface area contributed by atoms with Gasteiger partial charge in [0.15, 0.2) is 0 Å². The average Bonchev–Trinajstić information content (AvgIpc) is 2.47. The molecule has 1 aliphatic rings. The maximum atomic E-state index is 11.8. The van der Waals surface area contributed by atoms with E-state index in [9.17, 15) is 13.2 Å². The van der Waals surface area contributed by atoms with E-state index in [-0.39, 0.29) is 4.90 Å². The van der Waals surface area contributed by atoms with Gasteiger partial charge in [0, 0.05) is 6.54 Å². The zero-order valence-electron chi connectivity index (χ0n) is 11.8. The largest absolute Gasteiger partial charge is 0.461 e. The number of ether oxygens (including phenoxy) is 1. The lowest BCUT2D eigenvalue weighted by atomic mass is 10.1. The first-order chi connectivity index (χ1) is 9.97. The Kier molecular flexibility index (Phi) is 5.33. The molecular weight excluding hydrogens is 292 g/mol. The Morgan fingerprint density at radius 1 is 1.14 bits per heavy atom. The fourth-order valence-corrected chi connectivity index (χ4v) is 2.83. The monoisotopic (exact) mass is 312 g/mol. The molecule has 1 saturated heterocycles. The van der Waals surface area contributed by atoms with Crippen LogP contribution in [0.2, 0.25) is 0 Å². The fraction of sp³-hybridized carbons (Fsp3) is 0.500. The first-order valence-electron chi connectivity index (χ1n) is 6.99. The minimum absolute atomic E-state index is 0.0210. The maximum Gasteiger partial charge on any atom is 0.338 e. The summed E-state index contributed by atoms with van der Waals surface area (Å²) >= 11 is 0. The van der Waals surface area contributed by atoms with Gasteiger partial charge in [-0.3, -0.25) is 4.90 Å². The molecule has 1 aliphatic heterocycles. The molecule has 0 atom stereocenters. The Hall–Kier alpha value is -1.44. The third-order valence-corrected chi connectivity index (χ3v) is 4.44. The summed E-state index contributed by atoms with van der Waals surface area (Å²) < 4.78 is 27.4. The first-order valence-corrected chi connectivity index (χ1v) is 8.54. The van der Waals surface area contributed by atoms with Crippen LogP contribution >= 0.6 is 0 Å². The SMILES string of the molecule is NS(=O)(=O)c1ccc(C(=O)OCCN2CCCCC2)cc1. The zero-order chi connectivity index (χ0) is 15.3. The third-order valence-electron chi connectivity index (χ3n) is 3.51. The normalized spacial score (nSPS) is 16.6. The van der Waals surface area contributed by atoms with Gasteiger partial charge in [-0.1, -0.05) is 6.42 Å². The molecule has 0 radical (unpaired) electrons. The molecule has 0 bridgehead atoms. The van der Waals surface area contributed by atoms with Crippen LogP contribution in [0, 0.1) is 0 Å². The highest BCUT2D eigenvalue weighted by atomic mass is 32.2. The molecule has 7 heteroatoms. The number of hydrogen-bond donors (Lipinski definition) is 1. The maximum absolute atomic E-state index is 11.8. The minimum Gasteiger partial charge on any atom is -0.461 e. The number of carbonyl (C=O) groups excluding carboxylic acids is 1. The lowest BCUT2D eigenvalue weighted by molar-refractivity contribution is 0.0452. The van der Waals surface area contributed by atoms with Crippen molar-refractivity contribution in [2.24, 2.45) is 5.14 Å². The standard InChI is InChI=1S/C14H20N2O4S/c15-21(18,19)13-6-4-12(5-7-13)14(17)20-11-10-16-8-2-1-3-9-16/h4-7H,1-3,8-11H2,(H2,15,18,19). The summed E-state index contributed by atoms with van der Waals surface area (Å²) in [5.74, 6) is -0.451. The van der Waals surface area contributed by atoms with E-state index in [1.54, 1.807) is 0 Å². The van der Waals surface area contributed by atoms with E-state index < -0.39 is 16.0 Å². The van der Waals surface area contributed by atoms with Crippen LogP contribution in [0.25, 0.3) is 0 Å². The van der Waals surface area contributed by atoms with Crippen molar-refractivity contribution in [1.29, 1.82) is 0 Å². The van der Waals surface area contributed by atoms with Gasteiger partial charge in [-0.25, -0.2) is 18.4 Å². The molecule has 2 rings (SSSR count). The van der Waals surface area contributed by atoms with Gasteiger partial charge in [-0.15, -0.1) is 0 Å². The quantitative estimate of drug-likeness (QED) is 0.819. The van der Waals surface area contributed by atoms with E-state index in [0.29, 0.717) is 12.2 Å². The number of esters is 1. The fourth-order valence-electron chi connectivity index (χ4n) is 2.31. The van der Waals surface area contributed by atoms with Crippen LogP contribution in [-0.2, 0) is 14.8 Å². The molecule has 0 aromatic heterocycles. The highest BCUT2D eigenvalue weighted by molar-refractivity contribution is 7.89. The number of sulfonamides is 1. The van der Waals surface area contributed by atoms with Crippen LogP contribution in [0.1, 0.15) is 29.6 Å². The van der Waals surface area contributed by atoms with Crippen molar-refractivity contribution in [3.63, 3.8) is 0 Å². The van der Waals surface area contributed by atoms with Crippen molar-refractivity contribution in [1.82, 2.24) is 4.90 Å². The van der Waals surface area contributed by atoms with Crippen LogP contribution < -0.4 is 5.14 Å². The van der Waals surface area contributed by atoms with E-state index in [1.807, 2.05) is 0 Å². The lowest BCUT2D eigenvalue weighted by Gasteiger charge is -2.25. The summed E-state index contributed by atoms with van der Waals surface area (Å²) in [6, 6.07) is 5.42. The van der Waals surface area contributed by atoms with Gasteiger partial charge in [0.05, 0.1) is 10.5 Å². The molecule has 116 valence electrons. The predicted octanol–water partition coefficient (Wildman–Crippen LogP) is 0.977. The van der Waals surface area contributed by atoms with E-state index in [0.717, 1.165) is 19.6 Å². The molecule has 21 heavy (non-hydrogen) atoms.